The number of carbonyl (C=O) groups excluding carboxylic acids is 2. The number of aldehydes is 1. The van der Waals surface area contributed by atoms with E-state index in [2.05, 4.69) is 15.6 Å². The summed E-state index contributed by atoms with van der Waals surface area (Å²) in [7, 11) is 1.80. The quantitative estimate of drug-likeness (QED) is 0.793. The number of nitrogens with zero attached hydrogens (tertiary/aromatic N) is 1. The van der Waals surface area contributed by atoms with Crippen molar-refractivity contribution < 1.29 is 14.3 Å². The molecule has 1 aliphatic heterocycles. The van der Waals surface area contributed by atoms with Gasteiger partial charge in [-0.15, -0.1) is 0 Å². The topological polar surface area (TPSA) is 80.3 Å². The lowest BCUT2D eigenvalue weighted by Crippen LogP contribution is -2.31. The minimum Gasteiger partial charge on any atom is -0.475 e. The van der Waals surface area contributed by atoms with E-state index in [0.29, 0.717) is 24.5 Å². The Balaban J connectivity index is 1.91. The number of pyridine rings is 1. The third kappa shape index (κ3) is 3.37. The molecule has 0 radical (unpaired) electrons. The normalized spacial score (nSPS) is 17.2. The molecule has 2 heterocycles. The van der Waals surface area contributed by atoms with Crippen LogP contribution in [0, 0.1) is 0 Å². The fourth-order valence-corrected chi connectivity index (χ4v) is 2.75. The highest BCUT2D eigenvalue weighted by atomic mass is 16.5. The fourth-order valence-electron chi connectivity index (χ4n) is 2.75. The summed E-state index contributed by atoms with van der Waals surface area (Å²) < 4.78 is 5.83. The summed E-state index contributed by atoms with van der Waals surface area (Å²) in [6.45, 7) is 0.384. The maximum absolute atomic E-state index is 11.3. The van der Waals surface area contributed by atoms with Crippen molar-refractivity contribution in [3.05, 3.63) is 41.7 Å². The molecule has 0 bridgehead atoms. The van der Waals surface area contributed by atoms with Gasteiger partial charge in [-0.05, 0) is 47.8 Å². The second kappa shape index (κ2) is 7.12. The molecule has 124 valence electrons. The lowest BCUT2D eigenvalue weighted by atomic mass is 10.0. The molecule has 6 nitrogen and oxygen atoms in total. The molecule has 1 aromatic carbocycles. The molecule has 1 fully saturated rings. The molecular weight excluding hydrogens is 306 g/mol. The van der Waals surface area contributed by atoms with Crippen molar-refractivity contribution in [3.8, 4) is 5.88 Å². The highest BCUT2D eigenvalue weighted by Crippen LogP contribution is 2.27. The molecule has 6 heteroatoms. The number of amides is 1. The number of hydrogen-bond donors (Lipinski definition) is 2. The van der Waals surface area contributed by atoms with Gasteiger partial charge in [-0.2, -0.15) is 0 Å². The summed E-state index contributed by atoms with van der Waals surface area (Å²) in [6, 6.07) is 5.58. The monoisotopic (exact) mass is 325 g/mol. The van der Waals surface area contributed by atoms with Crippen LogP contribution in [0.25, 0.3) is 16.8 Å². The van der Waals surface area contributed by atoms with E-state index in [4.69, 9.17) is 4.74 Å². The van der Waals surface area contributed by atoms with Crippen LogP contribution < -0.4 is 15.4 Å². The lowest BCUT2D eigenvalue weighted by Gasteiger charge is -2.13. The van der Waals surface area contributed by atoms with Crippen molar-refractivity contribution >= 4 is 29.0 Å². The van der Waals surface area contributed by atoms with Gasteiger partial charge < -0.3 is 15.4 Å². The molecule has 0 saturated carbocycles. The minimum absolute atomic E-state index is 0.0208. The first-order valence-corrected chi connectivity index (χ1v) is 7.85. The van der Waals surface area contributed by atoms with Gasteiger partial charge in [0.2, 0.25) is 11.8 Å². The van der Waals surface area contributed by atoms with E-state index in [9.17, 15) is 9.59 Å². The summed E-state index contributed by atoms with van der Waals surface area (Å²) in [4.78, 5) is 26.9. The SMILES string of the molecule is CN/C=C\c1cc2c(OCC3CCC(=O)N3)nccc2cc1C=O. The highest BCUT2D eigenvalue weighted by Gasteiger charge is 2.21. The number of benzene rings is 1. The Morgan fingerprint density at radius 1 is 1.42 bits per heavy atom. The largest absolute Gasteiger partial charge is 0.475 e. The summed E-state index contributed by atoms with van der Waals surface area (Å²) in [6.07, 6.45) is 7.40. The number of nitrogens with one attached hydrogen (secondary N) is 2. The maximum Gasteiger partial charge on any atom is 0.221 e. The maximum atomic E-state index is 11.3. The van der Waals surface area contributed by atoms with Gasteiger partial charge in [0.05, 0.1) is 6.04 Å². The standard InChI is InChI=1S/C18H19N3O3/c1-19-6-4-12-9-16-13(8-14(12)10-22)5-7-20-18(16)24-11-15-2-3-17(23)21-15/h4-10,15,19H,2-3,11H2,1H3,(H,21,23)/b6-4-. The Morgan fingerprint density at radius 3 is 3.00 bits per heavy atom. The van der Waals surface area contributed by atoms with Gasteiger partial charge in [0.15, 0.2) is 6.29 Å². The Labute approximate surface area is 139 Å². The fraction of sp³-hybridized carbons (Fsp3) is 0.278. The molecule has 0 spiro atoms. The Hall–Kier alpha value is -2.89. The molecule has 1 aliphatic rings. The number of aromatic nitrogens is 1. The lowest BCUT2D eigenvalue weighted by molar-refractivity contribution is -0.119. The number of hydrogen-bond acceptors (Lipinski definition) is 5. The smallest absolute Gasteiger partial charge is 0.221 e. The third-order valence-corrected chi connectivity index (χ3v) is 3.99. The van der Waals surface area contributed by atoms with E-state index >= 15 is 0 Å². The van der Waals surface area contributed by atoms with E-state index in [0.717, 1.165) is 29.0 Å². The number of ether oxygens (including phenoxy) is 1. The van der Waals surface area contributed by atoms with E-state index in [-0.39, 0.29) is 11.9 Å². The van der Waals surface area contributed by atoms with Crippen molar-refractivity contribution in [3.63, 3.8) is 0 Å². The molecule has 1 aromatic heterocycles. The van der Waals surface area contributed by atoms with Crippen molar-refractivity contribution in [2.24, 2.45) is 0 Å². The zero-order valence-electron chi connectivity index (χ0n) is 13.4. The highest BCUT2D eigenvalue weighted by molar-refractivity contribution is 5.95. The van der Waals surface area contributed by atoms with Crippen LogP contribution in [0.2, 0.25) is 0 Å². The average molecular weight is 325 g/mol. The van der Waals surface area contributed by atoms with Crippen molar-refractivity contribution in [2.45, 2.75) is 18.9 Å². The molecule has 2 N–H and O–H groups in total. The second-order valence-corrected chi connectivity index (χ2v) is 5.67. The zero-order chi connectivity index (χ0) is 16.9. The predicted molar refractivity (Wildman–Crippen MR) is 91.9 cm³/mol. The zero-order valence-corrected chi connectivity index (χ0v) is 13.4. The Kier molecular flexibility index (Phi) is 4.74. The summed E-state index contributed by atoms with van der Waals surface area (Å²) in [5.41, 5.74) is 1.40. The number of rotatable bonds is 6. The Bertz CT molecular complexity index is 801. The molecule has 1 unspecified atom stereocenters. The van der Waals surface area contributed by atoms with Gasteiger partial charge >= 0.3 is 0 Å². The van der Waals surface area contributed by atoms with Gasteiger partial charge in [0.25, 0.3) is 0 Å². The first-order chi connectivity index (χ1) is 11.7. The number of fused-ring (bicyclic) bond motifs is 1. The van der Waals surface area contributed by atoms with E-state index in [1.165, 1.54) is 0 Å². The third-order valence-electron chi connectivity index (χ3n) is 3.99. The minimum atomic E-state index is 0.0208. The van der Waals surface area contributed by atoms with Gasteiger partial charge in [-0.3, -0.25) is 9.59 Å². The van der Waals surface area contributed by atoms with Crippen molar-refractivity contribution in [2.75, 3.05) is 13.7 Å². The van der Waals surface area contributed by atoms with Gasteiger partial charge in [0, 0.05) is 30.6 Å². The molecule has 1 amide bonds. The van der Waals surface area contributed by atoms with Crippen LogP contribution in [0.1, 0.15) is 28.8 Å². The number of carbonyl (C=O) groups is 2. The van der Waals surface area contributed by atoms with E-state index < -0.39 is 0 Å². The van der Waals surface area contributed by atoms with Gasteiger partial charge in [-0.1, -0.05) is 0 Å². The van der Waals surface area contributed by atoms with Crippen LogP contribution in [-0.2, 0) is 4.79 Å². The molecule has 1 atom stereocenters. The molecule has 2 aromatic rings. The van der Waals surface area contributed by atoms with Gasteiger partial charge in [0.1, 0.15) is 6.61 Å². The van der Waals surface area contributed by atoms with Crippen LogP contribution >= 0.6 is 0 Å². The summed E-state index contributed by atoms with van der Waals surface area (Å²) in [5.74, 6) is 0.565. The summed E-state index contributed by atoms with van der Waals surface area (Å²) >= 11 is 0. The van der Waals surface area contributed by atoms with Crippen LogP contribution in [0.4, 0.5) is 0 Å². The Morgan fingerprint density at radius 2 is 2.29 bits per heavy atom. The van der Waals surface area contributed by atoms with E-state index in [1.807, 2.05) is 24.3 Å². The van der Waals surface area contributed by atoms with Crippen LogP contribution in [0.3, 0.4) is 0 Å². The van der Waals surface area contributed by atoms with Crippen LogP contribution in [0.5, 0.6) is 5.88 Å². The van der Waals surface area contributed by atoms with Crippen molar-refractivity contribution in [1.29, 1.82) is 0 Å². The van der Waals surface area contributed by atoms with E-state index in [1.54, 1.807) is 19.4 Å². The first-order valence-electron chi connectivity index (χ1n) is 7.85. The molecule has 24 heavy (non-hydrogen) atoms. The predicted octanol–water partition coefficient (Wildman–Crippen LogP) is 1.89. The summed E-state index contributed by atoms with van der Waals surface area (Å²) in [5, 5.41) is 7.51. The van der Waals surface area contributed by atoms with Crippen LogP contribution in [-0.4, -0.2) is 36.9 Å². The first kappa shape index (κ1) is 16.0. The molecule has 3 rings (SSSR count). The second-order valence-electron chi connectivity index (χ2n) is 5.67. The molecular formula is C18H19N3O3. The van der Waals surface area contributed by atoms with Crippen molar-refractivity contribution in [1.82, 2.24) is 15.6 Å². The van der Waals surface area contributed by atoms with Crippen LogP contribution in [0.15, 0.2) is 30.6 Å². The average Bonchev–Trinajstić information content (AvgIpc) is 3.02. The van der Waals surface area contributed by atoms with Gasteiger partial charge in [-0.25, -0.2) is 4.98 Å². The molecule has 0 aliphatic carbocycles. The molecule has 1 saturated heterocycles.